The van der Waals surface area contributed by atoms with Gasteiger partial charge in [0.25, 0.3) is 5.56 Å². The number of nitrogens with zero attached hydrogens (tertiary/aromatic N) is 2. The number of nitrogens with one attached hydrogen (secondary N) is 1. The van der Waals surface area contributed by atoms with Crippen molar-refractivity contribution in [3.8, 4) is 5.69 Å². The van der Waals surface area contributed by atoms with E-state index in [-0.39, 0.29) is 23.1 Å². The SMILES string of the molecule is Cc1cc(C)cc(NC(=O)CSc2nc3ccccc3c(=O)n2-c2ccccc2C(C)C)c1. The zero-order valence-corrected chi connectivity index (χ0v) is 20.1. The van der Waals surface area contributed by atoms with Crippen molar-refractivity contribution in [2.75, 3.05) is 11.1 Å². The van der Waals surface area contributed by atoms with Gasteiger partial charge in [0.05, 0.1) is 22.3 Å². The normalized spacial score (nSPS) is 11.2. The van der Waals surface area contributed by atoms with Crippen LogP contribution in [0.5, 0.6) is 0 Å². The molecule has 0 atom stereocenters. The van der Waals surface area contributed by atoms with Crippen LogP contribution in [0.3, 0.4) is 0 Å². The molecule has 0 radical (unpaired) electrons. The molecule has 1 heterocycles. The molecule has 168 valence electrons. The zero-order valence-electron chi connectivity index (χ0n) is 19.3. The fourth-order valence-electron chi connectivity index (χ4n) is 3.98. The third-order valence-corrected chi connectivity index (χ3v) is 6.32. The van der Waals surface area contributed by atoms with Gasteiger partial charge >= 0.3 is 0 Å². The van der Waals surface area contributed by atoms with Crippen LogP contribution in [0.2, 0.25) is 0 Å². The molecule has 1 amide bonds. The number of fused-ring (bicyclic) bond motifs is 1. The van der Waals surface area contributed by atoms with Crippen molar-refractivity contribution in [3.63, 3.8) is 0 Å². The van der Waals surface area contributed by atoms with Crippen LogP contribution < -0.4 is 10.9 Å². The fourth-order valence-corrected chi connectivity index (χ4v) is 4.78. The Morgan fingerprint density at radius 2 is 1.67 bits per heavy atom. The number of hydrogen-bond donors (Lipinski definition) is 1. The Bertz CT molecular complexity index is 1370. The molecule has 3 aromatic carbocycles. The molecule has 0 spiro atoms. The molecule has 4 aromatic rings. The Hall–Kier alpha value is -3.38. The molecule has 0 saturated carbocycles. The quantitative estimate of drug-likeness (QED) is 0.291. The maximum absolute atomic E-state index is 13.5. The maximum Gasteiger partial charge on any atom is 0.266 e. The van der Waals surface area contributed by atoms with Crippen LogP contribution in [0, 0.1) is 13.8 Å². The van der Waals surface area contributed by atoms with Crippen LogP contribution in [0.4, 0.5) is 5.69 Å². The topological polar surface area (TPSA) is 64.0 Å². The zero-order chi connectivity index (χ0) is 23.5. The summed E-state index contributed by atoms with van der Waals surface area (Å²) in [6.45, 7) is 8.20. The summed E-state index contributed by atoms with van der Waals surface area (Å²) in [6.07, 6.45) is 0. The Morgan fingerprint density at radius 1 is 1.00 bits per heavy atom. The van der Waals surface area contributed by atoms with Gasteiger partial charge in [-0.3, -0.25) is 14.2 Å². The van der Waals surface area contributed by atoms with Crippen molar-refractivity contribution in [3.05, 3.63) is 93.8 Å². The number of hydrogen-bond acceptors (Lipinski definition) is 4. The third kappa shape index (κ3) is 5.01. The van der Waals surface area contributed by atoms with Gasteiger partial charge in [0.1, 0.15) is 0 Å². The van der Waals surface area contributed by atoms with E-state index in [2.05, 4.69) is 25.2 Å². The van der Waals surface area contributed by atoms with Gasteiger partial charge in [-0.25, -0.2) is 4.98 Å². The van der Waals surface area contributed by atoms with Crippen LogP contribution in [0.1, 0.15) is 36.5 Å². The van der Waals surface area contributed by atoms with Crippen LogP contribution in [0.25, 0.3) is 16.6 Å². The Morgan fingerprint density at radius 3 is 2.39 bits per heavy atom. The molecule has 5 nitrogen and oxygen atoms in total. The predicted molar refractivity (Wildman–Crippen MR) is 137 cm³/mol. The van der Waals surface area contributed by atoms with E-state index in [1.54, 1.807) is 10.6 Å². The minimum atomic E-state index is -0.142. The van der Waals surface area contributed by atoms with Crippen LogP contribution in [-0.4, -0.2) is 21.2 Å². The molecule has 0 unspecified atom stereocenters. The van der Waals surface area contributed by atoms with Gasteiger partial charge in [0.2, 0.25) is 5.91 Å². The first kappa shape index (κ1) is 22.8. The summed E-state index contributed by atoms with van der Waals surface area (Å²) >= 11 is 1.27. The number of para-hydroxylation sites is 2. The first-order valence-electron chi connectivity index (χ1n) is 11.0. The van der Waals surface area contributed by atoms with Crippen molar-refractivity contribution in [2.45, 2.75) is 38.8 Å². The molecule has 1 aromatic heterocycles. The number of carbonyl (C=O) groups excluding carboxylic acids is 1. The molecule has 0 aliphatic rings. The summed E-state index contributed by atoms with van der Waals surface area (Å²) in [4.78, 5) is 31.0. The van der Waals surface area contributed by atoms with E-state index in [4.69, 9.17) is 4.98 Å². The van der Waals surface area contributed by atoms with Gasteiger partial charge in [-0.05, 0) is 66.8 Å². The summed E-state index contributed by atoms with van der Waals surface area (Å²) in [5.74, 6) is 0.225. The number of carbonyl (C=O) groups is 1. The summed E-state index contributed by atoms with van der Waals surface area (Å²) in [6, 6.07) is 21.1. The molecule has 0 aliphatic heterocycles. The minimum Gasteiger partial charge on any atom is -0.325 e. The smallest absolute Gasteiger partial charge is 0.266 e. The summed E-state index contributed by atoms with van der Waals surface area (Å²) in [7, 11) is 0. The number of aromatic nitrogens is 2. The summed E-state index contributed by atoms with van der Waals surface area (Å²) in [5.41, 5.74) is 5.30. The van der Waals surface area contributed by atoms with Crippen LogP contribution in [-0.2, 0) is 4.79 Å². The highest BCUT2D eigenvalue weighted by Crippen LogP contribution is 2.27. The molecule has 0 bridgehead atoms. The van der Waals surface area contributed by atoms with E-state index in [9.17, 15) is 9.59 Å². The van der Waals surface area contributed by atoms with Crippen molar-refractivity contribution in [1.29, 1.82) is 0 Å². The standard InChI is InChI=1S/C27H27N3O2S/c1-17(2)21-9-6-8-12-24(21)30-26(32)22-10-5-7-11-23(22)29-27(30)33-16-25(31)28-20-14-18(3)13-19(4)15-20/h5-15,17H,16H2,1-4H3,(H,28,31). The van der Waals surface area contributed by atoms with E-state index in [1.807, 2.05) is 68.4 Å². The van der Waals surface area contributed by atoms with E-state index in [1.165, 1.54) is 11.8 Å². The first-order valence-corrected chi connectivity index (χ1v) is 11.9. The van der Waals surface area contributed by atoms with E-state index < -0.39 is 0 Å². The predicted octanol–water partition coefficient (Wildman–Crippen LogP) is 5.86. The summed E-state index contributed by atoms with van der Waals surface area (Å²) in [5, 5.41) is 4.02. The van der Waals surface area contributed by atoms with E-state index >= 15 is 0 Å². The third-order valence-electron chi connectivity index (χ3n) is 5.38. The highest BCUT2D eigenvalue weighted by Gasteiger charge is 2.18. The molecule has 33 heavy (non-hydrogen) atoms. The molecule has 6 heteroatoms. The molecule has 0 saturated heterocycles. The largest absolute Gasteiger partial charge is 0.325 e. The Labute approximate surface area is 197 Å². The van der Waals surface area contributed by atoms with Crippen molar-refractivity contribution in [1.82, 2.24) is 9.55 Å². The molecular formula is C27H27N3O2S. The maximum atomic E-state index is 13.5. The van der Waals surface area contributed by atoms with Crippen LogP contribution >= 0.6 is 11.8 Å². The number of benzene rings is 3. The second-order valence-electron chi connectivity index (χ2n) is 8.48. The van der Waals surface area contributed by atoms with Gasteiger partial charge < -0.3 is 5.32 Å². The average Bonchev–Trinajstić information content (AvgIpc) is 2.77. The number of aryl methyl sites for hydroxylation is 2. The van der Waals surface area contributed by atoms with Gasteiger partial charge in [0.15, 0.2) is 5.16 Å². The number of anilines is 1. The lowest BCUT2D eigenvalue weighted by Gasteiger charge is -2.18. The lowest BCUT2D eigenvalue weighted by atomic mass is 10.0. The lowest BCUT2D eigenvalue weighted by molar-refractivity contribution is -0.113. The molecule has 4 rings (SSSR count). The van der Waals surface area contributed by atoms with Gasteiger partial charge in [0, 0.05) is 5.69 Å². The number of rotatable bonds is 6. The molecular weight excluding hydrogens is 430 g/mol. The van der Waals surface area contributed by atoms with Gasteiger partial charge in [-0.15, -0.1) is 0 Å². The molecule has 0 fully saturated rings. The Kier molecular flexibility index (Phi) is 6.65. The fraction of sp³-hybridized carbons (Fsp3) is 0.222. The number of thioether (sulfide) groups is 1. The first-order chi connectivity index (χ1) is 15.8. The lowest BCUT2D eigenvalue weighted by Crippen LogP contribution is -2.24. The molecule has 1 N–H and O–H groups in total. The average molecular weight is 458 g/mol. The Balaban J connectivity index is 1.72. The van der Waals surface area contributed by atoms with E-state index in [0.29, 0.717) is 16.1 Å². The van der Waals surface area contributed by atoms with Crippen molar-refractivity contribution in [2.24, 2.45) is 0 Å². The monoisotopic (exact) mass is 457 g/mol. The van der Waals surface area contributed by atoms with E-state index in [0.717, 1.165) is 28.1 Å². The highest BCUT2D eigenvalue weighted by molar-refractivity contribution is 7.99. The van der Waals surface area contributed by atoms with Crippen molar-refractivity contribution >= 4 is 34.3 Å². The highest BCUT2D eigenvalue weighted by atomic mass is 32.2. The minimum absolute atomic E-state index is 0.133. The van der Waals surface area contributed by atoms with Gasteiger partial charge in [-0.1, -0.05) is 62.0 Å². The second kappa shape index (κ2) is 9.63. The second-order valence-corrected chi connectivity index (χ2v) is 9.42. The van der Waals surface area contributed by atoms with Gasteiger partial charge in [-0.2, -0.15) is 0 Å². The summed E-state index contributed by atoms with van der Waals surface area (Å²) < 4.78 is 1.65. The number of amides is 1. The van der Waals surface area contributed by atoms with Crippen molar-refractivity contribution < 1.29 is 4.79 Å². The molecule has 0 aliphatic carbocycles. The van der Waals surface area contributed by atoms with Crippen LogP contribution in [0.15, 0.2) is 76.7 Å².